The summed E-state index contributed by atoms with van der Waals surface area (Å²) >= 11 is 6.65. The Morgan fingerprint density at radius 1 is 1.15 bits per heavy atom. The molecule has 0 aliphatic heterocycles. The van der Waals surface area contributed by atoms with Crippen LogP contribution in [0, 0.1) is 5.92 Å². The van der Waals surface area contributed by atoms with Crippen molar-refractivity contribution in [3.63, 3.8) is 0 Å². The van der Waals surface area contributed by atoms with Crippen molar-refractivity contribution in [3.05, 3.63) is 45.3 Å². The number of anilines is 1. The van der Waals surface area contributed by atoms with Crippen molar-refractivity contribution in [1.29, 1.82) is 0 Å². The number of nitrogens with two attached hydrogens (primary N) is 1. The molecule has 0 saturated heterocycles. The highest BCUT2D eigenvalue weighted by Crippen LogP contribution is 2.33. The van der Waals surface area contributed by atoms with Crippen molar-refractivity contribution >= 4 is 55.9 Å². The molecular formula is C20H23ClN2O8S2. The molecule has 2 rings (SSSR count). The van der Waals surface area contributed by atoms with Crippen molar-refractivity contribution in [2.24, 2.45) is 5.92 Å². The predicted molar refractivity (Wildman–Crippen MR) is 122 cm³/mol. The molecule has 2 aromatic rings. The van der Waals surface area contributed by atoms with Crippen LogP contribution in [0.1, 0.15) is 39.4 Å². The van der Waals surface area contributed by atoms with Gasteiger partial charge in [-0.1, -0.05) is 31.5 Å². The maximum absolute atomic E-state index is 12.8. The summed E-state index contributed by atoms with van der Waals surface area (Å²) in [5, 5.41) is 0.192. The van der Waals surface area contributed by atoms with E-state index in [1.165, 1.54) is 24.3 Å². The highest BCUT2D eigenvalue weighted by Gasteiger charge is 2.32. The second-order valence-electron chi connectivity index (χ2n) is 7.04. The van der Waals surface area contributed by atoms with Gasteiger partial charge in [-0.3, -0.25) is 4.79 Å². The Labute approximate surface area is 200 Å². The van der Waals surface area contributed by atoms with Crippen LogP contribution in [0.5, 0.6) is 0 Å². The zero-order valence-corrected chi connectivity index (χ0v) is 20.6. The van der Waals surface area contributed by atoms with Crippen LogP contribution in [0.2, 0.25) is 5.02 Å². The fraction of sp³-hybridized carbons (Fsp3) is 0.350. The summed E-state index contributed by atoms with van der Waals surface area (Å²) in [7, 11) is -1.83. The van der Waals surface area contributed by atoms with Crippen LogP contribution in [0.4, 0.5) is 5.00 Å². The quantitative estimate of drug-likeness (QED) is 0.377. The molecule has 1 heterocycles. The first-order chi connectivity index (χ1) is 15.4. The molecule has 180 valence electrons. The second kappa shape index (κ2) is 11.0. The van der Waals surface area contributed by atoms with Gasteiger partial charge in [0.2, 0.25) is 10.0 Å². The largest absolute Gasteiger partial charge is 0.465 e. The summed E-state index contributed by atoms with van der Waals surface area (Å²) in [5.74, 6) is -3.03. The van der Waals surface area contributed by atoms with Gasteiger partial charge in [-0.15, -0.1) is 11.3 Å². The van der Waals surface area contributed by atoms with Crippen LogP contribution in [0.15, 0.2) is 29.2 Å². The average Bonchev–Trinajstić information content (AvgIpc) is 3.10. The van der Waals surface area contributed by atoms with E-state index in [9.17, 15) is 22.8 Å². The number of ether oxygens (including phenoxy) is 3. The SMILES string of the molecule is COC(=O)c1sc(N)c(C(=O)OC)c1COC(=O)[C@@H](NS(=O)(=O)c1cccc(Cl)c1)C(C)C. The van der Waals surface area contributed by atoms with Gasteiger partial charge in [-0.05, 0) is 24.1 Å². The Hall–Kier alpha value is -2.67. The van der Waals surface area contributed by atoms with Crippen molar-refractivity contribution in [1.82, 2.24) is 4.72 Å². The first kappa shape index (κ1) is 26.6. The summed E-state index contributed by atoms with van der Waals surface area (Å²) in [6, 6.07) is 4.28. The molecule has 3 N–H and O–H groups in total. The van der Waals surface area contributed by atoms with Gasteiger partial charge < -0.3 is 19.9 Å². The Morgan fingerprint density at radius 2 is 1.79 bits per heavy atom. The van der Waals surface area contributed by atoms with E-state index in [2.05, 4.69) is 4.72 Å². The van der Waals surface area contributed by atoms with Crippen LogP contribution in [0.25, 0.3) is 0 Å². The van der Waals surface area contributed by atoms with Crippen molar-refractivity contribution in [2.75, 3.05) is 20.0 Å². The molecule has 33 heavy (non-hydrogen) atoms. The number of benzene rings is 1. The highest BCUT2D eigenvalue weighted by atomic mass is 35.5. The van der Waals surface area contributed by atoms with E-state index in [1.807, 2.05) is 0 Å². The standard InChI is InChI=1S/C20H23ClN2O8S2/c1-10(2)15(23-33(27,28)12-7-5-6-11(21)8-12)19(25)31-9-13-14(18(24)29-3)17(22)32-16(13)20(26)30-4/h5-8,10,15,23H,9,22H2,1-4H3/t15-/m0/s1. The van der Waals surface area contributed by atoms with Crippen molar-refractivity contribution in [3.8, 4) is 0 Å². The van der Waals surface area contributed by atoms with Gasteiger partial charge in [0.05, 0.1) is 19.1 Å². The minimum Gasteiger partial charge on any atom is -0.465 e. The van der Waals surface area contributed by atoms with E-state index in [4.69, 9.17) is 31.5 Å². The number of nitrogen functional groups attached to an aromatic ring is 1. The van der Waals surface area contributed by atoms with Gasteiger partial charge in [0.1, 0.15) is 28.1 Å². The first-order valence-electron chi connectivity index (χ1n) is 9.45. The molecule has 1 aromatic heterocycles. The Bertz CT molecular complexity index is 1160. The number of thiophene rings is 1. The maximum Gasteiger partial charge on any atom is 0.348 e. The van der Waals surface area contributed by atoms with E-state index < -0.39 is 46.5 Å². The lowest BCUT2D eigenvalue weighted by Crippen LogP contribution is -2.45. The molecule has 0 bridgehead atoms. The lowest BCUT2D eigenvalue weighted by molar-refractivity contribution is -0.148. The van der Waals surface area contributed by atoms with Gasteiger partial charge in [0.15, 0.2) is 0 Å². The third kappa shape index (κ3) is 6.22. The number of hydrogen-bond donors (Lipinski definition) is 2. The molecule has 0 radical (unpaired) electrons. The van der Waals surface area contributed by atoms with Crippen LogP contribution in [-0.4, -0.2) is 46.6 Å². The number of sulfonamides is 1. The molecular weight excluding hydrogens is 496 g/mol. The van der Waals surface area contributed by atoms with Gasteiger partial charge >= 0.3 is 17.9 Å². The Morgan fingerprint density at radius 3 is 2.33 bits per heavy atom. The van der Waals surface area contributed by atoms with Crippen LogP contribution in [-0.2, 0) is 35.6 Å². The van der Waals surface area contributed by atoms with E-state index in [0.29, 0.717) is 0 Å². The average molecular weight is 519 g/mol. The minimum atomic E-state index is -4.10. The molecule has 1 aromatic carbocycles. The van der Waals surface area contributed by atoms with E-state index in [0.717, 1.165) is 25.6 Å². The highest BCUT2D eigenvalue weighted by molar-refractivity contribution is 7.89. The molecule has 10 nitrogen and oxygen atoms in total. The normalized spacial score (nSPS) is 12.3. The summed E-state index contributed by atoms with van der Waals surface area (Å²) < 4.78 is 42.4. The van der Waals surface area contributed by atoms with Gasteiger partial charge in [0.25, 0.3) is 0 Å². The van der Waals surface area contributed by atoms with Crippen LogP contribution in [0.3, 0.4) is 0 Å². The molecule has 0 aliphatic rings. The monoisotopic (exact) mass is 518 g/mol. The lowest BCUT2D eigenvalue weighted by Gasteiger charge is -2.21. The number of halogens is 1. The fourth-order valence-electron chi connectivity index (χ4n) is 2.76. The number of nitrogens with one attached hydrogen (secondary N) is 1. The lowest BCUT2D eigenvalue weighted by atomic mass is 10.1. The number of carbonyl (C=O) groups is 3. The van der Waals surface area contributed by atoms with E-state index >= 15 is 0 Å². The summed E-state index contributed by atoms with van der Waals surface area (Å²) in [5.41, 5.74) is 5.73. The smallest absolute Gasteiger partial charge is 0.348 e. The minimum absolute atomic E-state index is 0.00440. The van der Waals surface area contributed by atoms with Crippen LogP contribution >= 0.6 is 22.9 Å². The molecule has 0 saturated carbocycles. The summed E-state index contributed by atoms with van der Waals surface area (Å²) in [6.07, 6.45) is 0. The fourth-order valence-corrected chi connectivity index (χ4v) is 5.38. The topological polar surface area (TPSA) is 151 Å². The number of hydrogen-bond acceptors (Lipinski definition) is 10. The number of esters is 3. The molecule has 0 aliphatic carbocycles. The van der Waals surface area contributed by atoms with Gasteiger partial charge in [-0.2, -0.15) is 4.72 Å². The molecule has 1 atom stereocenters. The number of rotatable bonds is 9. The first-order valence-corrected chi connectivity index (χ1v) is 12.1. The Kier molecular flexibility index (Phi) is 8.83. The molecule has 13 heteroatoms. The number of carbonyl (C=O) groups excluding carboxylic acids is 3. The van der Waals surface area contributed by atoms with E-state index in [-0.39, 0.29) is 30.9 Å². The van der Waals surface area contributed by atoms with E-state index in [1.54, 1.807) is 13.8 Å². The van der Waals surface area contributed by atoms with Crippen molar-refractivity contribution < 1.29 is 37.0 Å². The zero-order valence-electron chi connectivity index (χ0n) is 18.2. The molecule has 0 unspecified atom stereocenters. The van der Waals surface area contributed by atoms with Gasteiger partial charge in [0, 0.05) is 10.6 Å². The summed E-state index contributed by atoms with van der Waals surface area (Å²) in [4.78, 5) is 36.9. The van der Waals surface area contributed by atoms with Gasteiger partial charge in [-0.25, -0.2) is 18.0 Å². The van der Waals surface area contributed by atoms with Crippen molar-refractivity contribution in [2.45, 2.75) is 31.4 Å². The Balaban J connectivity index is 2.31. The summed E-state index contributed by atoms with van der Waals surface area (Å²) in [6.45, 7) is 2.70. The number of methoxy groups -OCH3 is 2. The zero-order chi connectivity index (χ0) is 24.9. The predicted octanol–water partition coefficient (Wildman–Crippen LogP) is 2.60. The third-order valence-electron chi connectivity index (χ3n) is 4.46. The third-order valence-corrected chi connectivity index (χ3v) is 7.18. The maximum atomic E-state index is 12.8. The molecule has 0 amide bonds. The second-order valence-corrected chi connectivity index (χ2v) is 10.2. The molecule has 0 fully saturated rings. The molecule has 0 spiro atoms. The van der Waals surface area contributed by atoms with Crippen LogP contribution < -0.4 is 10.5 Å².